The third-order valence-electron chi connectivity index (χ3n) is 6.25. The summed E-state index contributed by atoms with van der Waals surface area (Å²) in [5, 5.41) is 3.26. The van der Waals surface area contributed by atoms with Gasteiger partial charge in [0.2, 0.25) is 18.2 Å². The fraction of sp³-hybridized carbons (Fsp3) is 0.259. The van der Waals surface area contributed by atoms with E-state index in [1.165, 1.54) is 18.5 Å². The number of amides is 2. The number of fused-ring (bicyclic) bond motifs is 1. The normalized spacial score (nSPS) is 15.4. The Balaban J connectivity index is 0.000000229. The first-order valence-corrected chi connectivity index (χ1v) is 12.1. The number of rotatable bonds is 7. The molecule has 12 heteroatoms. The van der Waals surface area contributed by atoms with Gasteiger partial charge < -0.3 is 20.4 Å². The van der Waals surface area contributed by atoms with Crippen molar-refractivity contribution in [2.75, 3.05) is 18.4 Å². The number of aryl methyl sites for hydroxylation is 1. The molecule has 4 aromatic rings. The molecule has 1 aliphatic rings. The van der Waals surface area contributed by atoms with Crippen LogP contribution in [-0.4, -0.2) is 44.8 Å². The van der Waals surface area contributed by atoms with Gasteiger partial charge >= 0.3 is 6.18 Å². The summed E-state index contributed by atoms with van der Waals surface area (Å²) in [6, 6.07) is 14.3. The molecule has 1 aliphatic heterocycles. The average Bonchev–Trinajstić information content (AvgIpc) is 3.51. The highest BCUT2D eigenvalue weighted by Crippen LogP contribution is 2.30. The Kier molecular flexibility index (Phi) is 8.45. The van der Waals surface area contributed by atoms with E-state index in [2.05, 4.69) is 30.8 Å². The highest BCUT2D eigenvalue weighted by Gasteiger charge is 2.30. The molecular weight excluding hydrogens is 513 g/mol. The zero-order chi connectivity index (χ0) is 28.0. The Hall–Kier alpha value is -4.45. The Bertz CT molecular complexity index is 1460. The van der Waals surface area contributed by atoms with Crippen molar-refractivity contribution in [3.05, 3.63) is 78.4 Å². The summed E-state index contributed by atoms with van der Waals surface area (Å²) in [5.74, 6) is 0.958. The highest BCUT2D eigenvalue weighted by atomic mass is 19.4. The number of hydrogen-bond donors (Lipinski definition) is 2. The lowest BCUT2D eigenvalue weighted by Crippen LogP contribution is -2.27. The monoisotopic (exact) mass is 540 g/mol. The summed E-state index contributed by atoms with van der Waals surface area (Å²) in [4.78, 5) is 31.9. The maximum atomic E-state index is 12.1. The first-order chi connectivity index (χ1) is 18.6. The Morgan fingerprint density at radius 1 is 1.18 bits per heavy atom. The maximum absolute atomic E-state index is 12.1. The Morgan fingerprint density at radius 2 is 2.00 bits per heavy atom. The second-order valence-corrected chi connectivity index (χ2v) is 9.06. The van der Waals surface area contributed by atoms with Gasteiger partial charge in [0, 0.05) is 49.0 Å². The van der Waals surface area contributed by atoms with Crippen molar-refractivity contribution in [2.24, 2.45) is 18.7 Å². The molecule has 5 rings (SSSR count). The Morgan fingerprint density at radius 3 is 2.72 bits per heavy atom. The lowest BCUT2D eigenvalue weighted by molar-refractivity contribution is -0.137. The molecular formula is C27H27F3N6O3. The van der Waals surface area contributed by atoms with Gasteiger partial charge in [-0.05, 0) is 55.4 Å². The molecule has 2 aromatic carbocycles. The van der Waals surface area contributed by atoms with Gasteiger partial charge in [-0.3, -0.25) is 14.5 Å². The first kappa shape index (κ1) is 27.6. The summed E-state index contributed by atoms with van der Waals surface area (Å²) in [6.07, 6.45) is 0.289. The molecule has 3 heterocycles. The molecule has 1 saturated heterocycles. The number of primary amides is 1. The summed E-state index contributed by atoms with van der Waals surface area (Å²) in [7, 11) is 2.01. The number of likely N-dealkylation sites (tertiary alicyclic amines) is 1. The number of carbonyl (C=O) groups is 2. The van der Waals surface area contributed by atoms with Crippen LogP contribution in [0.2, 0.25) is 0 Å². The largest absolute Gasteiger partial charge is 0.439 e. The predicted octanol–water partition coefficient (Wildman–Crippen LogP) is 4.34. The van der Waals surface area contributed by atoms with Gasteiger partial charge in [0.1, 0.15) is 12.1 Å². The molecule has 204 valence electrons. The van der Waals surface area contributed by atoms with E-state index in [-0.39, 0.29) is 17.5 Å². The van der Waals surface area contributed by atoms with Crippen LogP contribution in [0.1, 0.15) is 17.7 Å². The number of nitrogens with one attached hydrogen (secondary N) is 1. The van der Waals surface area contributed by atoms with Gasteiger partial charge in [-0.25, -0.2) is 9.97 Å². The number of nitrogens with zero attached hydrogens (tertiary/aromatic N) is 4. The van der Waals surface area contributed by atoms with E-state index in [9.17, 15) is 22.8 Å². The summed E-state index contributed by atoms with van der Waals surface area (Å²) >= 11 is 0. The van der Waals surface area contributed by atoms with Crippen LogP contribution in [0, 0.1) is 5.92 Å². The van der Waals surface area contributed by atoms with E-state index in [4.69, 9.17) is 10.5 Å². The van der Waals surface area contributed by atoms with Gasteiger partial charge in [0.15, 0.2) is 0 Å². The van der Waals surface area contributed by atoms with E-state index in [0.29, 0.717) is 25.4 Å². The smallest absolute Gasteiger partial charge is 0.416 e. The van der Waals surface area contributed by atoms with Gasteiger partial charge in [-0.1, -0.05) is 6.07 Å². The lowest BCUT2D eigenvalue weighted by atomic mass is 10.1. The highest BCUT2D eigenvalue weighted by molar-refractivity contribution is 5.81. The van der Waals surface area contributed by atoms with Crippen LogP contribution >= 0.6 is 0 Å². The molecule has 3 N–H and O–H groups in total. The van der Waals surface area contributed by atoms with Crippen molar-refractivity contribution in [1.82, 2.24) is 19.4 Å². The molecule has 0 radical (unpaired) electrons. The van der Waals surface area contributed by atoms with Gasteiger partial charge in [-0.15, -0.1) is 0 Å². The molecule has 1 fully saturated rings. The molecule has 9 nitrogen and oxygen atoms in total. The van der Waals surface area contributed by atoms with Crippen molar-refractivity contribution in [2.45, 2.75) is 19.1 Å². The zero-order valence-corrected chi connectivity index (χ0v) is 21.1. The number of alkyl halides is 3. The van der Waals surface area contributed by atoms with Crippen LogP contribution in [-0.2, 0) is 29.4 Å². The molecule has 0 saturated carbocycles. The topological polar surface area (TPSA) is 115 Å². The number of nitrogens with two attached hydrogens (primary N) is 1. The molecule has 2 amide bonds. The molecule has 0 bridgehead atoms. The number of hydrogen-bond acceptors (Lipinski definition) is 6. The standard InChI is InChI=1S/C19H21N5O2.C8H6F3NO/c1-23-6-4-13-8-16(2-3-17(13)23)26-18-9-15(21-12-22-18)11-24-7-5-14(10-24)19(20)25;9-8(10,11)6-2-1-3-7(4-6)12-5-13/h2-4,6,8-9,12,14H,5,7,10-11H2,1H3,(H2,20,25);1-5H,(H,12,13). The maximum Gasteiger partial charge on any atom is 0.416 e. The fourth-order valence-electron chi connectivity index (χ4n) is 4.25. The minimum atomic E-state index is -4.37. The predicted molar refractivity (Wildman–Crippen MR) is 139 cm³/mol. The van der Waals surface area contributed by atoms with Crippen LogP contribution in [0.25, 0.3) is 10.9 Å². The van der Waals surface area contributed by atoms with Crippen molar-refractivity contribution in [3.8, 4) is 11.6 Å². The van der Waals surface area contributed by atoms with E-state index in [1.54, 1.807) is 0 Å². The number of carbonyl (C=O) groups excluding carboxylic acids is 2. The summed E-state index contributed by atoms with van der Waals surface area (Å²) in [5.41, 5.74) is 6.76. The number of anilines is 1. The second kappa shape index (κ2) is 11.9. The Labute approximate surface area is 222 Å². The average molecular weight is 541 g/mol. The number of aromatic nitrogens is 3. The number of halogens is 3. The third kappa shape index (κ3) is 7.32. The lowest BCUT2D eigenvalue weighted by Gasteiger charge is -2.15. The van der Waals surface area contributed by atoms with Crippen molar-refractivity contribution in [3.63, 3.8) is 0 Å². The van der Waals surface area contributed by atoms with Crippen molar-refractivity contribution in [1.29, 1.82) is 0 Å². The molecule has 1 atom stereocenters. The minimum Gasteiger partial charge on any atom is -0.439 e. The SMILES string of the molecule is Cn1ccc2cc(Oc3cc(CN4CCC(C(N)=O)C4)ncn3)ccc21.O=CNc1cccc(C(F)(F)F)c1. The van der Waals surface area contributed by atoms with Crippen molar-refractivity contribution < 1.29 is 27.5 Å². The van der Waals surface area contributed by atoms with E-state index < -0.39 is 11.7 Å². The molecule has 2 aromatic heterocycles. The second-order valence-electron chi connectivity index (χ2n) is 9.06. The van der Waals surface area contributed by atoms with E-state index in [1.807, 2.05) is 37.5 Å². The minimum absolute atomic E-state index is 0.0647. The van der Waals surface area contributed by atoms with Crippen LogP contribution in [0.3, 0.4) is 0 Å². The number of benzene rings is 2. The van der Waals surface area contributed by atoms with Crippen LogP contribution < -0.4 is 15.8 Å². The van der Waals surface area contributed by atoms with Gasteiger partial charge in [0.25, 0.3) is 0 Å². The van der Waals surface area contributed by atoms with Crippen LogP contribution in [0.5, 0.6) is 11.6 Å². The van der Waals surface area contributed by atoms with E-state index >= 15 is 0 Å². The van der Waals surface area contributed by atoms with E-state index in [0.717, 1.165) is 47.4 Å². The fourth-order valence-corrected chi connectivity index (χ4v) is 4.25. The quantitative estimate of drug-likeness (QED) is 0.337. The van der Waals surface area contributed by atoms with Crippen LogP contribution in [0.4, 0.5) is 18.9 Å². The molecule has 0 aliphatic carbocycles. The van der Waals surface area contributed by atoms with Crippen LogP contribution in [0.15, 0.2) is 67.1 Å². The molecule has 1 unspecified atom stereocenters. The van der Waals surface area contributed by atoms with Crippen molar-refractivity contribution >= 4 is 28.9 Å². The zero-order valence-electron chi connectivity index (χ0n) is 21.1. The molecule has 0 spiro atoms. The third-order valence-corrected chi connectivity index (χ3v) is 6.25. The summed E-state index contributed by atoms with van der Waals surface area (Å²) in [6.45, 7) is 2.18. The summed E-state index contributed by atoms with van der Waals surface area (Å²) < 4.78 is 44.3. The van der Waals surface area contributed by atoms with Gasteiger partial charge in [-0.2, -0.15) is 13.2 Å². The number of ether oxygens (including phenoxy) is 1. The first-order valence-electron chi connectivity index (χ1n) is 12.1. The molecule has 39 heavy (non-hydrogen) atoms. The van der Waals surface area contributed by atoms with Gasteiger partial charge in [0.05, 0.1) is 17.2 Å².